The number of hydrogen-bond acceptors (Lipinski definition) is 3. The van der Waals surface area contributed by atoms with Gasteiger partial charge in [-0.15, -0.1) is 6.58 Å². The Bertz CT molecular complexity index is 529. The molecule has 100 valence electrons. The molecule has 0 aliphatic heterocycles. The summed E-state index contributed by atoms with van der Waals surface area (Å²) in [6.45, 7) is 4.52. The summed E-state index contributed by atoms with van der Waals surface area (Å²) in [5.41, 5.74) is 1.02. The maximum absolute atomic E-state index is 12.2. The first kappa shape index (κ1) is 15.4. The molecule has 1 rings (SSSR count). The van der Waals surface area contributed by atoms with Gasteiger partial charge in [0.15, 0.2) is 0 Å². The zero-order valence-electron chi connectivity index (χ0n) is 10.5. The second-order valence-electron chi connectivity index (χ2n) is 3.87. The van der Waals surface area contributed by atoms with E-state index >= 15 is 0 Å². The molecule has 18 heavy (non-hydrogen) atoms. The molecule has 0 saturated carbocycles. The third kappa shape index (κ3) is 3.41. The first-order chi connectivity index (χ1) is 8.43. The number of benzene rings is 1. The Hall–Kier alpha value is -0.690. The molecule has 0 fully saturated rings. The van der Waals surface area contributed by atoms with Gasteiger partial charge in [-0.05, 0) is 40.7 Å². The lowest BCUT2D eigenvalue weighted by Crippen LogP contribution is -2.27. The highest BCUT2D eigenvalue weighted by Crippen LogP contribution is 2.25. The number of rotatable bonds is 6. The van der Waals surface area contributed by atoms with Crippen LogP contribution < -0.4 is 5.32 Å². The van der Waals surface area contributed by atoms with Crippen LogP contribution in [0.25, 0.3) is 0 Å². The molecule has 0 aliphatic carbocycles. The van der Waals surface area contributed by atoms with E-state index in [1.807, 2.05) is 13.1 Å². The largest absolute Gasteiger partial charge is 0.316 e. The lowest BCUT2D eigenvalue weighted by atomic mass is 10.2. The highest BCUT2D eigenvalue weighted by Gasteiger charge is 2.22. The highest BCUT2D eigenvalue weighted by molar-refractivity contribution is 9.10. The fourth-order valence-corrected chi connectivity index (χ4v) is 3.74. The number of hydrogen-bond donors (Lipinski definition) is 1. The van der Waals surface area contributed by atoms with Crippen LogP contribution in [-0.2, 0) is 16.6 Å². The summed E-state index contributed by atoms with van der Waals surface area (Å²) in [6.07, 6.45) is 1.56. The van der Waals surface area contributed by atoms with Gasteiger partial charge in [-0.2, -0.15) is 4.31 Å². The van der Waals surface area contributed by atoms with Crippen molar-refractivity contribution >= 4 is 26.0 Å². The Balaban J connectivity index is 3.13. The number of likely N-dealkylation sites (N-methyl/N-ethyl adjacent to an activating group) is 1. The average molecular weight is 333 g/mol. The molecular weight excluding hydrogens is 316 g/mol. The molecule has 4 nitrogen and oxygen atoms in total. The fourth-order valence-electron chi connectivity index (χ4n) is 1.52. The lowest BCUT2D eigenvalue weighted by molar-refractivity contribution is 0.499. The van der Waals surface area contributed by atoms with Crippen molar-refractivity contribution < 1.29 is 8.42 Å². The standard InChI is InChI=1S/C12H17BrN2O2S/c1-4-7-15(3)18(16,17)12-6-5-10(9-14-2)8-11(12)13/h4-6,8,14H,1,7,9H2,2-3H3. The molecule has 0 bridgehead atoms. The molecule has 0 spiro atoms. The summed E-state index contributed by atoms with van der Waals surface area (Å²) in [7, 11) is -0.0923. The van der Waals surface area contributed by atoms with E-state index in [-0.39, 0.29) is 11.4 Å². The molecule has 0 saturated heterocycles. The molecule has 0 heterocycles. The summed E-state index contributed by atoms with van der Waals surface area (Å²) in [5.74, 6) is 0. The van der Waals surface area contributed by atoms with E-state index in [1.165, 1.54) is 11.4 Å². The molecule has 0 amide bonds. The quantitative estimate of drug-likeness (QED) is 0.810. The Morgan fingerprint density at radius 3 is 2.67 bits per heavy atom. The van der Waals surface area contributed by atoms with Gasteiger partial charge in [0.2, 0.25) is 10.0 Å². The van der Waals surface area contributed by atoms with Crippen molar-refractivity contribution in [2.75, 3.05) is 20.6 Å². The van der Waals surface area contributed by atoms with Crippen LogP contribution >= 0.6 is 15.9 Å². The normalized spacial score (nSPS) is 11.8. The van der Waals surface area contributed by atoms with Gasteiger partial charge in [0.05, 0.1) is 4.90 Å². The van der Waals surface area contributed by atoms with E-state index in [9.17, 15) is 8.42 Å². The summed E-state index contributed by atoms with van der Waals surface area (Å²) >= 11 is 3.31. The van der Waals surface area contributed by atoms with E-state index < -0.39 is 10.0 Å². The molecule has 1 N–H and O–H groups in total. The van der Waals surface area contributed by atoms with Gasteiger partial charge in [-0.1, -0.05) is 12.1 Å². The van der Waals surface area contributed by atoms with Gasteiger partial charge < -0.3 is 5.32 Å². The van der Waals surface area contributed by atoms with Crippen molar-refractivity contribution in [3.8, 4) is 0 Å². The predicted octanol–water partition coefficient (Wildman–Crippen LogP) is 1.97. The van der Waals surface area contributed by atoms with Crippen molar-refractivity contribution in [1.29, 1.82) is 0 Å². The summed E-state index contributed by atoms with van der Waals surface area (Å²) in [6, 6.07) is 5.23. The molecular formula is C12H17BrN2O2S. The van der Waals surface area contributed by atoms with Crippen molar-refractivity contribution in [1.82, 2.24) is 9.62 Å². The van der Waals surface area contributed by atoms with Crippen molar-refractivity contribution in [3.05, 3.63) is 40.9 Å². The third-order valence-electron chi connectivity index (χ3n) is 2.45. The topological polar surface area (TPSA) is 49.4 Å². The minimum Gasteiger partial charge on any atom is -0.316 e. The van der Waals surface area contributed by atoms with Crippen LogP contribution in [0.3, 0.4) is 0 Å². The number of nitrogens with zero attached hydrogens (tertiary/aromatic N) is 1. The van der Waals surface area contributed by atoms with E-state index in [0.29, 0.717) is 11.0 Å². The number of sulfonamides is 1. The smallest absolute Gasteiger partial charge is 0.244 e. The van der Waals surface area contributed by atoms with Crippen LogP contribution in [0, 0.1) is 0 Å². The molecule has 0 radical (unpaired) electrons. The van der Waals surface area contributed by atoms with Crippen molar-refractivity contribution in [2.24, 2.45) is 0 Å². The van der Waals surface area contributed by atoms with Crippen molar-refractivity contribution in [2.45, 2.75) is 11.4 Å². The van der Waals surface area contributed by atoms with Crippen LogP contribution in [-0.4, -0.2) is 33.4 Å². The Kier molecular flexibility index (Phi) is 5.52. The SMILES string of the molecule is C=CCN(C)S(=O)(=O)c1ccc(CNC)cc1Br. The van der Waals surface area contributed by atoms with E-state index in [0.717, 1.165) is 5.56 Å². The second-order valence-corrected chi connectivity index (χ2v) is 6.74. The van der Waals surface area contributed by atoms with Crippen LogP contribution in [0.15, 0.2) is 40.2 Å². The minimum absolute atomic E-state index is 0.270. The summed E-state index contributed by atoms with van der Waals surface area (Å²) in [4.78, 5) is 0.270. The molecule has 0 aromatic heterocycles. The van der Waals surface area contributed by atoms with Gasteiger partial charge in [-0.25, -0.2) is 8.42 Å². The molecule has 0 unspecified atom stereocenters. The van der Waals surface area contributed by atoms with Gasteiger partial charge >= 0.3 is 0 Å². The van der Waals surface area contributed by atoms with Crippen LogP contribution in [0.1, 0.15) is 5.56 Å². The van der Waals surface area contributed by atoms with Crippen LogP contribution in [0.2, 0.25) is 0 Å². The Morgan fingerprint density at radius 1 is 1.50 bits per heavy atom. The highest BCUT2D eigenvalue weighted by atomic mass is 79.9. The van der Waals surface area contributed by atoms with Crippen molar-refractivity contribution in [3.63, 3.8) is 0 Å². The second kappa shape index (κ2) is 6.47. The van der Waals surface area contributed by atoms with Gasteiger partial charge in [0.1, 0.15) is 0 Å². The first-order valence-corrected chi connectivity index (χ1v) is 7.67. The lowest BCUT2D eigenvalue weighted by Gasteiger charge is -2.16. The Labute approximate surface area is 117 Å². The van der Waals surface area contributed by atoms with Crippen LogP contribution in [0.5, 0.6) is 0 Å². The minimum atomic E-state index is -3.47. The summed E-state index contributed by atoms with van der Waals surface area (Å²) in [5, 5.41) is 3.02. The molecule has 1 aromatic rings. The first-order valence-electron chi connectivity index (χ1n) is 5.43. The van der Waals surface area contributed by atoms with Gasteiger partial charge in [0, 0.05) is 24.6 Å². The average Bonchev–Trinajstić information content (AvgIpc) is 2.29. The maximum Gasteiger partial charge on any atom is 0.244 e. The number of halogens is 1. The summed E-state index contributed by atoms with van der Waals surface area (Å²) < 4.78 is 26.3. The predicted molar refractivity (Wildman–Crippen MR) is 76.9 cm³/mol. The molecule has 0 atom stereocenters. The zero-order valence-corrected chi connectivity index (χ0v) is 12.9. The van der Waals surface area contributed by atoms with E-state index in [4.69, 9.17) is 0 Å². The number of nitrogens with one attached hydrogen (secondary N) is 1. The van der Waals surface area contributed by atoms with Crippen LogP contribution in [0.4, 0.5) is 0 Å². The maximum atomic E-state index is 12.2. The Morgan fingerprint density at radius 2 is 2.17 bits per heavy atom. The zero-order chi connectivity index (χ0) is 13.8. The van der Waals surface area contributed by atoms with E-state index in [2.05, 4.69) is 27.8 Å². The monoisotopic (exact) mass is 332 g/mol. The third-order valence-corrected chi connectivity index (χ3v) is 5.25. The van der Waals surface area contributed by atoms with Gasteiger partial charge in [-0.3, -0.25) is 0 Å². The van der Waals surface area contributed by atoms with E-state index in [1.54, 1.807) is 18.2 Å². The fraction of sp³-hybridized carbons (Fsp3) is 0.333. The molecule has 0 aliphatic rings. The molecule has 6 heteroatoms. The molecule has 1 aromatic carbocycles. The van der Waals surface area contributed by atoms with Gasteiger partial charge in [0.25, 0.3) is 0 Å².